The summed E-state index contributed by atoms with van der Waals surface area (Å²) in [5, 5.41) is 13.9. The first-order chi connectivity index (χ1) is 17.1. The van der Waals surface area contributed by atoms with Crippen LogP contribution in [0.4, 0.5) is 0 Å². The second-order valence-corrected chi connectivity index (χ2v) is 8.81. The van der Waals surface area contributed by atoms with Crippen molar-refractivity contribution < 1.29 is 9.90 Å². The fourth-order valence-electron chi connectivity index (χ4n) is 4.51. The number of phenols is 1. The highest BCUT2D eigenvalue weighted by Gasteiger charge is 2.19. The monoisotopic (exact) mass is 461 g/mol. The lowest BCUT2D eigenvalue weighted by Gasteiger charge is -2.20. The first-order valence-electron chi connectivity index (χ1n) is 11.7. The van der Waals surface area contributed by atoms with Crippen LogP contribution < -0.4 is 5.32 Å². The van der Waals surface area contributed by atoms with Crippen molar-refractivity contribution in [1.29, 1.82) is 0 Å². The summed E-state index contributed by atoms with van der Waals surface area (Å²) < 4.78 is 0. The summed E-state index contributed by atoms with van der Waals surface area (Å²) in [6.07, 6.45) is 4.47. The minimum Gasteiger partial charge on any atom is -0.508 e. The van der Waals surface area contributed by atoms with Crippen molar-refractivity contribution in [3.63, 3.8) is 0 Å². The third-order valence-electron chi connectivity index (χ3n) is 6.31. The smallest absolute Gasteiger partial charge is 0.225 e. The molecule has 0 aliphatic heterocycles. The zero-order chi connectivity index (χ0) is 24.2. The van der Waals surface area contributed by atoms with Gasteiger partial charge in [-0.2, -0.15) is 0 Å². The number of nitrogens with zero attached hydrogens (tertiary/aromatic N) is 1. The molecular weight excluding hydrogens is 434 g/mol. The Morgan fingerprint density at radius 1 is 1.00 bits per heavy atom. The van der Waals surface area contributed by atoms with Crippen molar-refractivity contribution in [2.24, 2.45) is 0 Å². The molecule has 0 fully saturated rings. The maximum atomic E-state index is 13.2. The van der Waals surface area contributed by atoms with Crippen LogP contribution in [0.1, 0.15) is 28.4 Å². The predicted octanol–water partition coefficient (Wildman–Crippen LogP) is 5.89. The highest BCUT2D eigenvalue weighted by Crippen LogP contribution is 2.27. The highest BCUT2D eigenvalue weighted by atomic mass is 16.3. The molecule has 2 aromatic heterocycles. The number of fused-ring (bicyclic) bond motifs is 1. The van der Waals surface area contributed by atoms with Gasteiger partial charge in [0.05, 0.1) is 18.2 Å². The van der Waals surface area contributed by atoms with Gasteiger partial charge in [0.2, 0.25) is 5.91 Å². The molecule has 3 N–H and O–H groups in total. The van der Waals surface area contributed by atoms with Crippen LogP contribution in [0.5, 0.6) is 5.75 Å². The van der Waals surface area contributed by atoms with E-state index in [0.717, 1.165) is 38.9 Å². The molecule has 1 atom stereocenters. The molecule has 174 valence electrons. The van der Waals surface area contributed by atoms with E-state index in [1.54, 1.807) is 12.1 Å². The third kappa shape index (κ3) is 5.09. The lowest BCUT2D eigenvalue weighted by Crippen LogP contribution is -2.31. The fourth-order valence-corrected chi connectivity index (χ4v) is 4.51. The Balaban J connectivity index is 1.43. The van der Waals surface area contributed by atoms with Crippen molar-refractivity contribution >= 4 is 16.8 Å². The zero-order valence-corrected chi connectivity index (χ0v) is 19.5. The average molecular weight is 462 g/mol. The molecule has 0 aliphatic rings. The van der Waals surface area contributed by atoms with Gasteiger partial charge in [-0.3, -0.25) is 9.78 Å². The number of rotatable bonds is 7. The van der Waals surface area contributed by atoms with Crippen molar-refractivity contribution in [3.05, 3.63) is 120 Å². The lowest BCUT2D eigenvalue weighted by atomic mass is 9.97. The van der Waals surface area contributed by atoms with Gasteiger partial charge in [-0.05, 0) is 71.5 Å². The number of H-pyrrole nitrogens is 1. The summed E-state index contributed by atoms with van der Waals surface area (Å²) in [6, 6.07) is 27.3. The number of carbonyl (C=O) groups excluding carboxylic acids is 1. The van der Waals surface area contributed by atoms with Crippen molar-refractivity contribution in [3.8, 4) is 16.9 Å². The number of aromatic hydroxyl groups is 1. The zero-order valence-electron chi connectivity index (χ0n) is 19.5. The van der Waals surface area contributed by atoms with Gasteiger partial charge in [-0.15, -0.1) is 0 Å². The first kappa shape index (κ1) is 22.4. The van der Waals surface area contributed by atoms with E-state index in [-0.39, 0.29) is 24.1 Å². The second-order valence-electron chi connectivity index (χ2n) is 8.81. The average Bonchev–Trinajstić information content (AvgIpc) is 3.26. The van der Waals surface area contributed by atoms with Gasteiger partial charge in [0, 0.05) is 23.3 Å². The maximum Gasteiger partial charge on any atom is 0.225 e. The van der Waals surface area contributed by atoms with Crippen molar-refractivity contribution in [2.75, 3.05) is 0 Å². The van der Waals surface area contributed by atoms with Crippen LogP contribution in [0, 0.1) is 6.92 Å². The molecule has 5 heteroatoms. The third-order valence-corrected chi connectivity index (χ3v) is 6.31. The molecule has 35 heavy (non-hydrogen) atoms. The standard InChI is InChI=1S/C30H27N3O2/c1-20-7-5-6-10-25(20)22-13-14-31-28(16-22)29(15-21-8-3-2-4-9-21)33-30(35)17-23-19-32-27-12-11-24(34)18-26(23)27/h2-14,16,18-19,29,32,34H,15,17H2,1H3,(H,33,35). The molecule has 0 aliphatic carbocycles. The number of hydrogen-bond acceptors (Lipinski definition) is 3. The lowest BCUT2D eigenvalue weighted by molar-refractivity contribution is -0.121. The first-order valence-corrected chi connectivity index (χ1v) is 11.7. The van der Waals surface area contributed by atoms with Gasteiger partial charge in [0.15, 0.2) is 0 Å². The largest absolute Gasteiger partial charge is 0.508 e. The van der Waals surface area contributed by atoms with Crippen LogP contribution in [0.3, 0.4) is 0 Å². The molecule has 0 spiro atoms. The van der Waals surface area contributed by atoms with Gasteiger partial charge in [-0.25, -0.2) is 0 Å². The fraction of sp³-hybridized carbons (Fsp3) is 0.133. The molecular formula is C30H27N3O2. The van der Waals surface area contributed by atoms with Crippen molar-refractivity contribution in [2.45, 2.75) is 25.8 Å². The number of amides is 1. The number of aryl methyl sites for hydroxylation is 1. The number of hydrogen-bond donors (Lipinski definition) is 3. The molecule has 5 rings (SSSR count). The summed E-state index contributed by atoms with van der Waals surface area (Å²) in [7, 11) is 0. The van der Waals surface area contributed by atoms with E-state index in [9.17, 15) is 9.90 Å². The summed E-state index contributed by atoms with van der Waals surface area (Å²) in [5.41, 5.74) is 7.09. The van der Waals surface area contributed by atoms with Gasteiger partial charge >= 0.3 is 0 Å². The normalized spacial score (nSPS) is 11.9. The molecule has 1 unspecified atom stereocenters. The van der Waals surface area contributed by atoms with Crippen LogP contribution in [-0.2, 0) is 17.6 Å². The predicted molar refractivity (Wildman–Crippen MR) is 139 cm³/mol. The van der Waals surface area contributed by atoms with E-state index < -0.39 is 0 Å². The van der Waals surface area contributed by atoms with Gasteiger partial charge in [0.25, 0.3) is 0 Å². The van der Waals surface area contributed by atoms with E-state index in [1.165, 1.54) is 5.56 Å². The Morgan fingerprint density at radius 2 is 1.80 bits per heavy atom. The van der Waals surface area contributed by atoms with Crippen LogP contribution in [0.2, 0.25) is 0 Å². The molecule has 0 radical (unpaired) electrons. The quantitative estimate of drug-likeness (QED) is 0.283. The SMILES string of the molecule is Cc1ccccc1-c1ccnc(C(Cc2ccccc2)NC(=O)Cc2c[nH]c3ccc(O)cc23)c1. The molecule has 0 saturated carbocycles. The molecule has 2 heterocycles. The molecule has 0 bridgehead atoms. The van der Waals surface area contributed by atoms with Crippen molar-refractivity contribution in [1.82, 2.24) is 15.3 Å². The molecule has 3 aromatic carbocycles. The topological polar surface area (TPSA) is 78.0 Å². The van der Waals surface area contributed by atoms with E-state index in [0.29, 0.717) is 6.42 Å². The second kappa shape index (κ2) is 9.85. The molecule has 5 nitrogen and oxygen atoms in total. The summed E-state index contributed by atoms with van der Waals surface area (Å²) in [6.45, 7) is 2.09. The number of carbonyl (C=O) groups is 1. The highest BCUT2D eigenvalue weighted by molar-refractivity contribution is 5.89. The van der Waals surface area contributed by atoms with Gasteiger partial charge in [0.1, 0.15) is 5.75 Å². The number of pyridine rings is 1. The van der Waals surface area contributed by atoms with E-state index in [4.69, 9.17) is 0 Å². The Hall–Kier alpha value is -4.38. The minimum atomic E-state index is -0.285. The Labute approximate surface area is 204 Å². The number of phenolic OH excluding ortho intramolecular Hbond substituents is 1. The Kier molecular flexibility index (Phi) is 6.31. The maximum absolute atomic E-state index is 13.2. The van der Waals surface area contributed by atoms with E-state index in [2.05, 4.69) is 52.5 Å². The van der Waals surface area contributed by atoms with Crippen LogP contribution in [0.25, 0.3) is 22.0 Å². The molecule has 1 amide bonds. The number of aromatic amines is 1. The number of nitrogens with one attached hydrogen (secondary N) is 2. The number of aromatic nitrogens is 2. The van der Waals surface area contributed by atoms with Crippen LogP contribution in [0.15, 0.2) is 97.3 Å². The van der Waals surface area contributed by atoms with Crippen LogP contribution in [-0.4, -0.2) is 21.0 Å². The van der Waals surface area contributed by atoms with Gasteiger partial charge in [-0.1, -0.05) is 54.6 Å². The number of benzene rings is 3. The summed E-state index contributed by atoms with van der Waals surface area (Å²) in [4.78, 5) is 21.0. The molecule has 5 aromatic rings. The molecule has 0 saturated heterocycles. The minimum absolute atomic E-state index is 0.0988. The summed E-state index contributed by atoms with van der Waals surface area (Å²) in [5.74, 6) is 0.0798. The van der Waals surface area contributed by atoms with Gasteiger partial charge < -0.3 is 15.4 Å². The Morgan fingerprint density at radius 3 is 2.63 bits per heavy atom. The van der Waals surface area contributed by atoms with E-state index in [1.807, 2.05) is 54.9 Å². The Bertz CT molecular complexity index is 1470. The summed E-state index contributed by atoms with van der Waals surface area (Å²) >= 11 is 0. The van der Waals surface area contributed by atoms with E-state index >= 15 is 0 Å². The van der Waals surface area contributed by atoms with Crippen LogP contribution >= 0.6 is 0 Å².